The van der Waals surface area contributed by atoms with Gasteiger partial charge >= 0.3 is 0 Å². The van der Waals surface area contributed by atoms with E-state index in [0.29, 0.717) is 18.9 Å². The van der Waals surface area contributed by atoms with Gasteiger partial charge in [-0.1, -0.05) is 0 Å². The highest BCUT2D eigenvalue weighted by molar-refractivity contribution is 7.90. The lowest BCUT2D eigenvalue weighted by atomic mass is 9.82. The molecule has 190 valence electrons. The molecule has 34 heavy (non-hydrogen) atoms. The molecule has 0 aromatic heterocycles. The highest BCUT2D eigenvalue weighted by atomic mass is 32.2. The number of halogens is 3. The van der Waals surface area contributed by atoms with Gasteiger partial charge in [-0.2, -0.15) is 0 Å². The average Bonchev–Trinajstić information content (AvgIpc) is 2.98. The van der Waals surface area contributed by atoms with Crippen molar-refractivity contribution in [2.45, 2.75) is 95.6 Å². The minimum atomic E-state index is -1.46. The second kappa shape index (κ2) is 10.5. The molecule has 1 aromatic carbocycles. The maximum absolute atomic E-state index is 14.5. The van der Waals surface area contributed by atoms with E-state index < -0.39 is 45.6 Å². The molecule has 0 radical (unpaired) electrons. The van der Waals surface area contributed by atoms with Crippen LogP contribution in [0, 0.1) is 23.4 Å². The number of amides is 2. The van der Waals surface area contributed by atoms with Gasteiger partial charge in [0.1, 0.15) is 16.6 Å². The van der Waals surface area contributed by atoms with E-state index in [9.17, 15) is 27.3 Å². The molecule has 2 aliphatic rings. The van der Waals surface area contributed by atoms with Crippen LogP contribution < -0.4 is 10.0 Å². The first-order valence-electron chi connectivity index (χ1n) is 11.7. The van der Waals surface area contributed by atoms with E-state index >= 15 is 0 Å². The van der Waals surface area contributed by atoms with Gasteiger partial charge in [0, 0.05) is 36.4 Å². The Hall–Kier alpha value is -1.78. The molecule has 3 rings (SSSR count). The Morgan fingerprint density at radius 1 is 1.12 bits per heavy atom. The van der Waals surface area contributed by atoms with Crippen molar-refractivity contribution in [2.75, 3.05) is 0 Å². The summed E-state index contributed by atoms with van der Waals surface area (Å²) in [5.41, 5.74) is 0.0208. The van der Waals surface area contributed by atoms with Gasteiger partial charge in [-0.15, -0.1) is 4.72 Å². The molecule has 2 heterocycles. The summed E-state index contributed by atoms with van der Waals surface area (Å²) in [7, 11) is 0. The topological polar surface area (TPSA) is 84.5 Å². The van der Waals surface area contributed by atoms with E-state index in [2.05, 4.69) is 10.0 Å². The minimum absolute atomic E-state index is 0.0208. The molecule has 2 aliphatic heterocycles. The van der Waals surface area contributed by atoms with E-state index in [1.54, 1.807) is 6.92 Å². The van der Waals surface area contributed by atoms with Crippen molar-refractivity contribution in [3.8, 4) is 0 Å². The molecule has 2 bridgehead atoms. The molecule has 0 saturated carbocycles. The van der Waals surface area contributed by atoms with Crippen LogP contribution in [-0.4, -0.2) is 50.2 Å². The highest BCUT2D eigenvalue weighted by Crippen LogP contribution is 2.41. The number of hydrogen-bond donors (Lipinski definition) is 2. The smallest absolute Gasteiger partial charge is 0.245 e. The number of rotatable bonds is 7. The third kappa shape index (κ3) is 6.07. The van der Waals surface area contributed by atoms with Gasteiger partial charge in [-0.3, -0.25) is 9.59 Å². The van der Waals surface area contributed by atoms with E-state index in [1.165, 1.54) is 6.92 Å². The lowest BCUT2D eigenvalue weighted by Crippen LogP contribution is -2.57. The summed E-state index contributed by atoms with van der Waals surface area (Å²) in [6.45, 7) is 8.49. The van der Waals surface area contributed by atoms with Crippen molar-refractivity contribution in [3.63, 3.8) is 0 Å². The number of fused-ring (bicyclic) bond motifs is 2. The Kier molecular flexibility index (Phi) is 8.25. The van der Waals surface area contributed by atoms with Crippen molar-refractivity contribution < 1.29 is 27.3 Å². The molecule has 2 fully saturated rings. The van der Waals surface area contributed by atoms with Crippen LogP contribution >= 0.6 is 0 Å². The summed E-state index contributed by atoms with van der Waals surface area (Å²) in [6.07, 6.45) is 2.90. The molecular weight excluding hydrogens is 467 g/mol. The SMILES string of the molecule is CC(=O)N[C@@H](C)C(=O)N1[C@@H]2CC[C@H]1C[C@H]([C@@H](Cc1cc(F)c(F)cc1F)N[S@@+]([O-])C(C)(C)C)C2. The summed E-state index contributed by atoms with van der Waals surface area (Å²) in [4.78, 5) is 26.3. The second-order valence-corrected chi connectivity index (χ2v) is 12.4. The van der Waals surface area contributed by atoms with Crippen LogP contribution in [0.25, 0.3) is 0 Å². The van der Waals surface area contributed by atoms with Crippen LogP contribution in [0.5, 0.6) is 0 Å². The molecule has 6 nitrogen and oxygen atoms in total. The van der Waals surface area contributed by atoms with Crippen molar-refractivity contribution in [2.24, 2.45) is 5.92 Å². The average molecular weight is 502 g/mol. The number of piperidine rings is 1. The molecular formula is C24H34F3N3O3S. The van der Waals surface area contributed by atoms with Crippen molar-refractivity contribution in [1.82, 2.24) is 14.9 Å². The number of carbonyl (C=O) groups excluding carboxylic acids is 2. The first kappa shape index (κ1) is 26.8. The Labute approximate surface area is 202 Å². The fourth-order valence-electron chi connectivity index (χ4n) is 5.07. The Balaban J connectivity index is 1.82. The van der Waals surface area contributed by atoms with E-state index in [1.807, 2.05) is 25.7 Å². The number of nitrogens with one attached hydrogen (secondary N) is 2. The predicted octanol–water partition coefficient (Wildman–Crippen LogP) is 3.36. The Morgan fingerprint density at radius 3 is 2.21 bits per heavy atom. The van der Waals surface area contributed by atoms with E-state index in [4.69, 9.17) is 0 Å². The van der Waals surface area contributed by atoms with Gasteiger partial charge < -0.3 is 14.8 Å². The van der Waals surface area contributed by atoms with Gasteiger partial charge in [0.05, 0.1) is 6.04 Å². The molecule has 0 aliphatic carbocycles. The predicted molar refractivity (Wildman–Crippen MR) is 124 cm³/mol. The molecule has 2 amide bonds. The van der Waals surface area contributed by atoms with Crippen LogP contribution in [0.1, 0.15) is 65.9 Å². The quantitative estimate of drug-likeness (QED) is 0.443. The molecule has 2 N–H and O–H groups in total. The second-order valence-electron chi connectivity index (χ2n) is 10.5. The zero-order valence-corrected chi connectivity index (χ0v) is 21.1. The van der Waals surface area contributed by atoms with E-state index in [0.717, 1.165) is 18.9 Å². The van der Waals surface area contributed by atoms with Gasteiger partial charge in [0.2, 0.25) is 11.8 Å². The summed E-state index contributed by atoms with van der Waals surface area (Å²) in [6, 6.07) is 0.228. The van der Waals surface area contributed by atoms with Crippen LogP contribution in [0.2, 0.25) is 0 Å². The van der Waals surface area contributed by atoms with Gasteiger partial charge in [0.15, 0.2) is 11.6 Å². The van der Waals surface area contributed by atoms with Crippen molar-refractivity contribution in [3.05, 3.63) is 35.1 Å². The molecule has 10 heteroatoms. The normalized spacial score (nSPS) is 25.1. The fraction of sp³-hybridized carbons (Fsp3) is 0.667. The molecule has 1 aromatic rings. The minimum Gasteiger partial charge on any atom is -0.598 e. The molecule has 6 atom stereocenters. The fourth-order valence-corrected chi connectivity index (χ4v) is 5.98. The number of nitrogens with zero attached hydrogens (tertiary/aromatic N) is 1. The lowest BCUT2D eigenvalue weighted by molar-refractivity contribution is -0.140. The standard InChI is InChI=1S/C24H34F3N3O3S/c1-13(28-14(2)31)23(32)30-17-6-7-18(30)9-16(8-17)22(29-34(33)24(3,4)5)11-15-10-20(26)21(27)12-19(15)25/h10,12-13,16-18,22,29H,6-9,11H2,1-5H3,(H,28,31)/t13-,16-,17-,18+,22+,34-/m0/s1. The lowest BCUT2D eigenvalue weighted by Gasteiger charge is -2.43. The van der Waals surface area contributed by atoms with Gasteiger partial charge in [-0.25, -0.2) is 13.2 Å². The van der Waals surface area contributed by atoms with Crippen molar-refractivity contribution in [1.29, 1.82) is 0 Å². The van der Waals surface area contributed by atoms with Crippen LogP contribution in [0.15, 0.2) is 12.1 Å². The summed E-state index contributed by atoms with van der Waals surface area (Å²) < 4.78 is 57.2. The number of hydrogen-bond acceptors (Lipinski definition) is 4. The van der Waals surface area contributed by atoms with Gasteiger partial charge in [-0.05, 0) is 77.3 Å². The zero-order chi connectivity index (χ0) is 25.4. The van der Waals surface area contributed by atoms with Crippen molar-refractivity contribution >= 4 is 23.2 Å². The van der Waals surface area contributed by atoms with E-state index in [-0.39, 0.29) is 41.8 Å². The Bertz CT molecular complexity index is 913. The van der Waals surface area contributed by atoms with Crippen LogP contribution in [-0.2, 0) is 27.4 Å². The van der Waals surface area contributed by atoms with Crippen LogP contribution in [0.4, 0.5) is 13.2 Å². The zero-order valence-electron chi connectivity index (χ0n) is 20.3. The molecule has 0 unspecified atom stereocenters. The summed E-state index contributed by atoms with van der Waals surface area (Å²) >= 11 is -1.46. The van der Waals surface area contributed by atoms with Gasteiger partial charge in [0.25, 0.3) is 0 Å². The largest absolute Gasteiger partial charge is 0.598 e. The highest BCUT2D eigenvalue weighted by Gasteiger charge is 2.47. The Morgan fingerprint density at radius 2 is 1.68 bits per heavy atom. The summed E-state index contributed by atoms with van der Waals surface area (Å²) in [5, 5.41) is 2.64. The third-order valence-electron chi connectivity index (χ3n) is 6.73. The number of carbonyl (C=O) groups is 2. The first-order valence-corrected chi connectivity index (χ1v) is 12.8. The molecule has 2 saturated heterocycles. The maximum Gasteiger partial charge on any atom is 0.245 e. The number of benzene rings is 1. The summed E-state index contributed by atoms with van der Waals surface area (Å²) in [5.74, 6) is -3.66. The molecule has 0 spiro atoms. The third-order valence-corrected chi connectivity index (χ3v) is 8.36. The monoisotopic (exact) mass is 501 g/mol. The maximum atomic E-state index is 14.5. The first-order chi connectivity index (χ1) is 15.8. The van der Waals surface area contributed by atoms with Crippen LogP contribution in [0.3, 0.4) is 0 Å².